The van der Waals surface area contributed by atoms with Crippen LogP contribution in [0, 0.1) is 0 Å². The first-order chi connectivity index (χ1) is 11.3. The summed E-state index contributed by atoms with van der Waals surface area (Å²) in [4.78, 5) is 0. The highest BCUT2D eigenvalue weighted by molar-refractivity contribution is 7.84. The molecule has 24 heavy (non-hydrogen) atoms. The lowest BCUT2D eigenvalue weighted by Gasteiger charge is -2.19. The van der Waals surface area contributed by atoms with Gasteiger partial charge in [-0.1, -0.05) is 63.2 Å². The van der Waals surface area contributed by atoms with E-state index in [1.54, 1.807) is 0 Å². The van der Waals surface area contributed by atoms with Crippen LogP contribution in [0.2, 0.25) is 0 Å². The normalized spacial score (nSPS) is 14.2. The molecule has 0 radical (unpaired) electrons. The summed E-state index contributed by atoms with van der Waals surface area (Å²) < 4.78 is 17.7. The van der Waals surface area contributed by atoms with Gasteiger partial charge in [-0.05, 0) is 28.7 Å². The fourth-order valence-corrected chi connectivity index (χ4v) is 3.53. The summed E-state index contributed by atoms with van der Waals surface area (Å²) in [5, 5.41) is 10.0. The topological polar surface area (TPSA) is 46.5 Å². The van der Waals surface area contributed by atoms with Gasteiger partial charge in [0, 0.05) is 16.6 Å². The van der Waals surface area contributed by atoms with E-state index < -0.39 is 16.9 Å². The SMILES string of the molecule is CC(C)(C)c1ccc(OC[C@@H](O)C[S@@](=O)Cc2ccccc2)cc1. The van der Waals surface area contributed by atoms with Gasteiger partial charge < -0.3 is 9.84 Å². The molecular formula is C20H26O3S. The third kappa shape index (κ3) is 6.10. The highest BCUT2D eigenvalue weighted by atomic mass is 32.2. The van der Waals surface area contributed by atoms with Crippen molar-refractivity contribution in [3.63, 3.8) is 0 Å². The van der Waals surface area contributed by atoms with E-state index in [0.717, 1.165) is 11.3 Å². The molecule has 0 saturated heterocycles. The van der Waals surface area contributed by atoms with Crippen LogP contribution < -0.4 is 4.74 Å². The van der Waals surface area contributed by atoms with Crippen molar-refractivity contribution in [2.75, 3.05) is 12.4 Å². The van der Waals surface area contributed by atoms with Crippen LogP contribution in [0.3, 0.4) is 0 Å². The number of hydrogen-bond donors (Lipinski definition) is 1. The number of aliphatic hydroxyl groups excluding tert-OH is 1. The lowest BCUT2D eigenvalue weighted by molar-refractivity contribution is 0.125. The van der Waals surface area contributed by atoms with Crippen LogP contribution in [0.5, 0.6) is 5.75 Å². The van der Waals surface area contributed by atoms with Gasteiger partial charge in [0.2, 0.25) is 0 Å². The van der Waals surface area contributed by atoms with Crippen molar-refractivity contribution in [1.82, 2.24) is 0 Å². The summed E-state index contributed by atoms with van der Waals surface area (Å²) in [5.41, 5.74) is 2.35. The van der Waals surface area contributed by atoms with E-state index in [-0.39, 0.29) is 17.8 Å². The minimum absolute atomic E-state index is 0.104. The first-order valence-electron chi connectivity index (χ1n) is 8.15. The molecule has 2 aromatic carbocycles. The van der Waals surface area contributed by atoms with E-state index in [1.807, 2.05) is 54.6 Å². The largest absolute Gasteiger partial charge is 0.491 e. The molecule has 0 amide bonds. The molecule has 0 heterocycles. The molecule has 2 aromatic rings. The maximum atomic E-state index is 12.1. The number of aliphatic hydroxyl groups is 1. The van der Waals surface area contributed by atoms with Gasteiger partial charge in [0.15, 0.2) is 0 Å². The molecule has 0 saturated carbocycles. The Morgan fingerprint density at radius 3 is 2.25 bits per heavy atom. The van der Waals surface area contributed by atoms with E-state index in [2.05, 4.69) is 20.8 Å². The first-order valence-corrected chi connectivity index (χ1v) is 9.64. The maximum absolute atomic E-state index is 12.1. The molecule has 0 fully saturated rings. The van der Waals surface area contributed by atoms with Gasteiger partial charge in [-0.2, -0.15) is 0 Å². The van der Waals surface area contributed by atoms with Gasteiger partial charge in [0.25, 0.3) is 0 Å². The monoisotopic (exact) mass is 346 g/mol. The van der Waals surface area contributed by atoms with Crippen molar-refractivity contribution in [3.8, 4) is 5.75 Å². The van der Waals surface area contributed by atoms with E-state index in [0.29, 0.717) is 5.75 Å². The first kappa shape index (κ1) is 18.7. The fourth-order valence-electron chi connectivity index (χ4n) is 2.33. The number of ether oxygens (including phenoxy) is 1. The molecule has 2 rings (SSSR count). The molecule has 1 N–H and O–H groups in total. The van der Waals surface area contributed by atoms with Crippen LogP contribution in [0.15, 0.2) is 54.6 Å². The second-order valence-electron chi connectivity index (χ2n) is 6.98. The molecule has 0 spiro atoms. The number of rotatable bonds is 7. The third-order valence-electron chi connectivity index (χ3n) is 3.71. The summed E-state index contributed by atoms with van der Waals surface area (Å²) in [7, 11) is -1.10. The molecule has 2 atom stereocenters. The van der Waals surface area contributed by atoms with Gasteiger partial charge in [0.1, 0.15) is 12.4 Å². The molecule has 0 bridgehead atoms. The van der Waals surface area contributed by atoms with E-state index >= 15 is 0 Å². The van der Waals surface area contributed by atoms with Crippen molar-refractivity contribution in [3.05, 3.63) is 65.7 Å². The van der Waals surface area contributed by atoms with Gasteiger partial charge in [0.05, 0.1) is 11.9 Å². The third-order valence-corrected chi connectivity index (χ3v) is 5.12. The van der Waals surface area contributed by atoms with Crippen LogP contribution in [0.25, 0.3) is 0 Å². The average Bonchev–Trinajstić information content (AvgIpc) is 2.53. The van der Waals surface area contributed by atoms with Crippen molar-refractivity contribution in [1.29, 1.82) is 0 Å². The minimum Gasteiger partial charge on any atom is -0.491 e. The van der Waals surface area contributed by atoms with Crippen LogP contribution in [0.4, 0.5) is 0 Å². The Balaban J connectivity index is 1.78. The zero-order chi connectivity index (χ0) is 17.6. The van der Waals surface area contributed by atoms with Gasteiger partial charge in [-0.3, -0.25) is 4.21 Å². The summed E-state index contributed by atoms with van der Waals surface area (Å²) in [5.74, 6) is 1.39. The van der Waals surface area contributed by atoms with Crippen molar-refractivity contribution in [2.24, 2.45) is 0 Å². The zero-order valence-electron chi connectivity index (χ0n) is 14.6. The van der Waals surface area contributed by atoms with Crippen LogP contribution in [0.1, 0.15) is 31.9 Å². The lowest BCUT2D eigenvalue weighted by Crippen LogP contribution is -2.25. The Kier molecular flexibility index (Phi) is 6.58. The predicted molar refractivity (Wildman–Crippen MR) is 99.8 cm³/mol. The number of benzene rings is 2. The summed E-state index contributed by atoms with van der Waals surface area (Å²) >= 11 is 0. The molecule has 0 aromatic heterocycles. The standard InChI is InChI=1S/C20H26O3S/c1-20(2,3)17-9-11-19(12-10-17)23-13-18(21)15-24(22)14-16-7-5-4-6-8-16/h4-12,18,21H,13-15H2,1-3H3/t18-,24+/m1/s1. The zero-order valence-corrected chi connectivity index (χ0v) is 15.4. The highest BCUT2D eigenvalue weighted by Gasteiger charge is 2.14. The van der Waals surface area contributed by atoms with Crippen LogP contribution in [-0.4, -0.2) is 27.8 Å². The molecule has 0 unspecified atom stereocenters. The lowest BCUT2D eigenvalue weighted by atomic mass is 9.87. The Bertz CT molecular complexity index is 645. The maximum Gasteiger partial charge on any atom is 0.119 e. The Morgan fingerprint density at radius 2 is 1.67 bits per heavy atom. The summed E-state index contributed by atoms with van der Waals surface area (Å²) in [6, 6.07) is 17.6. The van der Waals surface area contributed by atoms with E-state index in [1.165, 1.54) is 5.56 Å². The van der Waals surface area contributed by atoms with Crippen LogP contribution in [-0.2, 0) is 22.0 Å². The number of hydrogen-bond acceptors (Lipinski definition) is 3. The van der Waals surface area contributed by atoms with Gasteiger partial charge in [-0.15, -0.1) is 0 Å². The quantitative estimate of drug-likeness (QED) is 0.832. The predicted octanol–water partition coefficient (Wildman–Crippen LogP) is 3.67. The molecule has 3 nitrogen and oxygen atoms in total. The highest BCUT2D eigenvalue weighted by Crippen LogP contribution is 2.24. The average molecular weight is 346 g/mol. The van der Waals surface area contributed by atoms with Crippen molar-refractivity contribution in [2.45, 2.75) is 38.0 Å². The molecule has 0 aliphatic heterocycles. The molecule has 130 valence electrons. The van der Waals surface area contributed by atoms with E-state index in [9.17, 15) is 9.32 Å². The molecular weight excluding hydrogens is 320 g/mol. The Labute approximate surface area is 147 Å². The second-order valence-corrected chi connectivity index (χ2v) is 8.48. The molecule has 0 aliphatic carbocycles. The summed E-state index contributed by atoms with van der Waals surface area (Å²) in [6.07, 6.45) is -0.739. The Morgan fingerprint density at radius 1 is 1.04 bits per heavy atom. The van der Waals surface area contributed by atoms with Crippen LogP contribution >= 0.6 is 0 Å². The minimum atomic E-state index is -1.10. The smallest absolute Gasteiger partial charge is 0.119 e. The molecule has 0 aliphatic rings. The molecule has 4 heteroatoms. The van der Waals surface area contributed by atoms with Gasteiger partial charge in [-0.25, -0.2) is 0 Å². The van der Waals surface area contributed by atoms with Gasteiger partial charge >= 0.3 is 0 Å². The van der Waals surface area contributed by atoms with E-state index in [4.69, 9.17) is 4.74 Å². The second kappa shape index (κ2) is 8.45. The van der Waals surface area contributed by atoms with Crippen molar-refractivity contribution >= 4 is 10.8 Å². The fraction of sp³-hybridized carbons (Fsp3) is 0.400. The Hall–Kier alpha value is -1.65. The van der Waals surface area contributed by atoms with Crippen molar-refractivity contribution < 1.29 is 14.1 Å². The summed E-state index contributed by atoms with van der Waals surface area (Å²) in [6.45, 7) is 6.63.